The summed E-state index contributed by atoms with van der Waals surface area (Å²) in [6.07, 6.45) is 2.52. The first-order valence-electron chi connectivity index (χ1n) is 6.48. The fourth-order valence-corrected chi connectivity index (χ4v) is 2.43. The summed E-state index contributed by atoms with van der Waals surface area (Å²) < 4.78 is 0. The van der Waals surface area contributed by atoms with Gasteiger partial charge in [-0.3, -0.25) is 0 Å². The van der Waals surface area contributed by atoms with Crippen LogP contribution in [0.2, 0.25) is 0 Å². The van der Waals surface area contributed by atoms with Gasteiger partial charge in [-0.05, 0) is 36.8 Å². The van der Waals surface area contributed by atoms with Gasteiger partial charge in [0.1, 0.15) is 0 Å². The lowest BCUT2D eigenvalue weighted by Gasteiger charge is -2.34. The van der Waals surface area contributed by atoms with Crippen molar-refractivity contribution in [2.45, 2.75) is 33.2 Å². The van der Waals surface area contributed by atoms with Gasteiger partial charge < -0.3 is 10.6 Å². The minimum Gasteiger partial charge on any atom is -0.355 e. The van der Waals surface area contributed by atoms with Crippen molar-refractivity contribution in [1.82, 2.24) is 10.2 Å². The molecular weight excluding hydrogens is 212 g/mol. The molecule has 0 bridgehead atoms. The molecule has 17 heavy (non-hydrogen) atoms. The molecule has 0 aliphatic carbocycles. The van der Waals surface area contributed by atoms with Crippen molar-refractivity contribution >= 4 is 5.82 Å². The summed E-state index contributed by atoms with van der Waals surface area (Å²) in [5.41, 5.74) is 6.37. The van der Waals surface area contributed by atoms with Crippen LogP contribution >= 0.6 is 0 Å². The van der Waals surface area contributed by atoms with Crippen LogP contribution in [-0.4, -0.2) is 23.3 Å². The van der Waals surface area contributed by atoms with E-state index in [-0.39, 0.29) is 0 Å². The number of nitrogens with two attached hydrogens (primary N) is 1. The Kier molecular flexibility index (Phi) is 3.94. The fourth-order valence-electron chi connectivity index (χ4n) is 2.43. The van der Waals surface area contributed by atoms with Gasteiger partial charge in [0.15, 0.2) is 5.82 Å². The summed E-state index contributed by atoms with van der Waals surface area (Å²) in [6, 6.07) is 4.00. The van der Waals surface area contributed by atoms with Crippen LogP contribution in [0.15, 0.2) is 12.1 Å². The van der Waals surface area contributed by atoms with E-state index >= 15 is 0 Å². The highest BCUT2D eigenvalue weighted by Gasteiger charge is 2.22. The first-order chi connectivity index (χ1) is 8.20. The molecule has 1 aliphatic rings. The summed E-state index contributed by atoms with van der Waals surface area (Å²) in [5.74, 6) is 2.65. The van der Waals surface area contributed by atoms with Gasteiger partial charge in [0.05, 0.1) is 5.69 Å². The molecule has 2 N–H and O–H groups in total. The molecule has 1 aliphatic heterocycles. The Morgan fingerprint density at radius 2 is 2.00 bits per heavy atom. The van der Waals surface area contributed by atoms with Crippen molar-refractivity contribution in [3.05, 3.63) is 17.8 Å². The van der Waals surface area contributed by atoms with E-state index in [4.69, 9.17) is 5.73 Å². The fraction of sp³-hybridized carbons (Fsp3) is 0.692. The average Bonchev–Trinajstić information content (AvgIpc) is 2.39. The lowest BCUT2D eigenvalue weighted by atomic mass is 9.87. The SMILES string of the molecule is CC(C)C1CCN(c2ccc(CN)nn2)CC1. The standard InChI is InChI=1S/C13H22N4/c1-10(2)11-5-7-17(8-6-11)13-4-3-12(9-14)15-16-13/h3-4,10-11H,5-9,14H2,1-2H3. The minimum absolute atomic E-state index is 0.461. The maximum absolute atomic E-state index is 5.51. The van der Waals surface area contributed by atoms with E-state index in [1.54, 1.807) is 0 Å². The van der Waals surface area contributed by atoms with Gasteiger partial charge in [0.25, 0.3) is 0 Å². The molecular formula is C13H22N4. The predicted octanol–water partition coefficient (Wildman–Crippen LogP) is 1.81. The van der Waals surface area contributed by atoms with E-state index in [2.05, 4.69) is 28.9 Å². The molecule has 1 fully saturated rings. The lowest BCUT2D eigenvalue weighted by molar-refractivity contribution is 0.310. The smallest absolute Gasteiger partial charge is 0.151 e. The highest BCUT2D eigenvalue weighted by atomic mass is 15.3. The summed E-state index contributed by atoms with van der Waals surface area (Å²) in [4.78, 5) is 2.33. The Hall–Kier alpha value is -1.16. The van der Waals surface area contributed by atoms with Crippen LogP contribution in [-0.2, 0) is 6.54 Å². The quantitative estimate of drug-likeness (QED) is 0.866. The van der Waals surface area contributed by atoms with E-state index in [1.807, 2.05) is 12.1 Å². The van der Waals surface area contributed by atoms with Gasteiger partial charge in [-0.15, -0.1) is 5.10 Å². The zero-order chi connectivity index (χ0) is 12.3. The zero-order valence-electron chi connectivity index (χ0n) is 10.8. The summed E-state index contributed by atoms with van der Waals surface area (Å²) in [5, 5.41) is 8.35. The molecule has 0 spiro atoms. The maximum atomic E-state index is 5.51. The Morgan fingerprint density at radius 3 is 2.47 bits per heavy atom. The van der Waals surface area contributed by atoms with Crippen LogP contribution in [0.1, 0.15) is 32.4 Å². The molecule has 0 atom stereocenters. The molecule has 0 saturated carbocycles. The van der Waals surface area contributed by atoms with Crippen LogP contribution in [0.4, 0.5) is 5.82 Å². The van der Waals surface area contributed by atoms with Gasteiger partial charge in [0.2, 0.25) is 0 Å². The Bertz CT molecular complexity index is 339. The molecule has 4 nitrogen and oxygen atoms in total. The van der Waals surface area contributed by atoms with Crippen molar-refractivity contribution in [1.29, 1.82) is 0 Å². The van der Waals surface area contributed by atoms with Crippen LogP contribution in [0.5, 0.6) is 0 Å². The van der Waals surface area contributed by atoms with Crippen molar-refractivity contribution < 1.29 is 0 Å². The second-order valence-corrected chi connectivity index (χ2v) is 5.16. The van der Waals surface area contributed by atoms with Crippen LogP contribution < -0.4 is 10.6 Å². The molecule has 1 saturated heterocycles. The topological polar surface area (TPSA) is 55.0 Å². The third kappa shape index (κ3) is 2.94. The third-order valence-electron chi connectivity index (χ3n) is 3.72. The number of hydrogen-bond acceptors (Lipinski definition) is 4. The summed E-state index contributed by atoms with van der Waals surface area (Å²) in [7, 11) is 0. The Balaban J connectivity index is 1.95. The third-order valence-corrected chi connectivity index (χ3v) is 3.72. The van der Waals surface area contributed by atoms with Crippen LogP contribution in [0.3, 0.4) is 0 Å². The summed E-state index contributed by atoms with van der Waals surface area (Å²) >= 11 is 0. The van der Waals surface area contributed by atoms with Gasteiger partial charge in [-0.25, -0.2) is 0 Å². The Morgan fingerprint density at radius 1 is 1.29 bits per heavy atom. The minimum atomic E-state index is 0.461. The first kappa shape index (κ1) is 12.3. The first-order valence-corrected chi connectivity index (χ1v) is 6.48. The monoisotopic (exact) mass is 234 g/mol. The van der Waals surface area contributed by atoms with Gasteiger partial charge in [-0.1, -0.05) is 13.8 Å². The van der Waals surface area contributed by atoms with E-state index in [0.29, 0.717) is 6.54 Å². The number of aromatic nitrogens is 2. The molecule has 0 unspecified atom stereocenters. The van der Waals surface area contributed by atoms with Crippen molar-refractivity contribution in [2.75, 3.05) is 18.0 Å². The number of nitrogens with zero attached hydrogens (tertiary/aromatic N) is 3. The molecule has 0 amide bonds. The van der Waals surface area contributed by atoms with Crippen molar-refractivity contribution in [3.8, 4) is 0 Å². The van der Waals surface area contributed by atoms with E-state index < -0.39 is 0 Å². The number of anilines is 1. The number of hydrogen-bond donors (Lipinski definition) is 1. The van der Waals surface area contributed by atoms with Crippen molar-refractivity contribution in [2.24, 2.45) is 17.6 Å². The average molecular weight is 234 g/mol. The van der Waals surface area contributed by atoms with Gasteiger partial charge >= 0.3 is 0 Å². The van der Waals surface area contributed by atoms with E-state index in [1.165, 1.54) is 12.8 Å². The number of rotatable bonds is 3. The zero-order valence-corrected chi connectivity index (χ0v) is 10.8. The maximum Gasteiger partial charge on any atom is 0.151 e. The second kappa shape index (κ2) is 5.45. The normalized spacial score (nSPS) is 17.8. The highest BCUT2D eigenvalue weighted by Crippen LogP contribution is 2.26. The van der Waals surface area contributed by atoms with Crippen molar-refractivity contribution in [3.63, 3.8) is 0 Å². The molecule has 94 valence electrons. The van der Waals surface area contributed by atoms with E-state index in [0.717, 1.165) is 36.4 Å². The molecule has 1 aromatic heterocycles. The molecule has 0 radical (unpaired) electrons. The second-order valence-electron chi connectivity index (χ2n) is 5.16. The predicted molar refractivity (Wildman–Crippen MR) is 69.7 cm³/mol. The Labute approximate surface area is 103 Å². The molecule has 1 aromatic rings. The molecule has 2 heterocycles. The molecule has 2 rings (SSSR count). The largest absolute Gasteiger partial charge is 0.355 e. The van der Waals surface area contributed by atoms with Gasteiger partial charge in [0, 0.05) is 19.6 Å². The lowest BCUT2D eigenvalue weighted by Crippen LogP contribution is -2.35. The molecule has 4 heteroatoms. The number of piperidine rings is 1. The molecule has 0 aromatic carbocycles. The van der Waals surface area contributed by atoms with Crippen LogP contribution in [0.25, 0.3) is 0 Å². The highest BCUT2D eigenvalue weighted by molar-refractivity contribution is 5.37. The van der Waals surface area contributed by atoms with Gasteiger partial charge in [-0.2, -0.15) is 5.10 Å². The van der Waals surface area contributed by atoms with Crippen LogP contribution in [0, 0.1) is 11.8 Å². The summed E-state index contributed by atoms with van der Waals surface area (Å²) in [6.45, 7) is 7.29. The van der Waals surface area contributed by atoms with E-state index in [9.17, 15) is 0 Å².